The van der Waals surface area contributed by atoms with Crippen molar-refractivity contribution in [2.75, 3.05) is 0 Å². The van der Waals surface area contributed by atoms with Crippen LogP contribution in [0.5, 0.6) is 0 Å². The fourth-order valence-corrected chi connectivity index (χ4v) is 3.42. The van der Waals surface area contributed by atoms with E-state index in [0.717, 1.165) is 10.8 Å². The topological polar surface area (TPSA) is 88.6 Å². The van der Waals surface area contributed by atoms with Crippen LogP contribution in [-0.2, 0) is 14.0 Å². The molecule has 33 heavy (non-hydrogen) atoms. The molecular formula is C24H34BN3O5. The number of fused-ring (bicyclic) bond motifs is 1. The van der Waals surface area contributed by atoms with Crippen molar-refractivity contribution in [3.8, 4) is 11.6 Å². The van der Waals surface area contributed by atoms with E-state index in [-0.39, 0.29) is 5.89 Å². The van der Waals surface area contributed by atoms with E-state index < -0.39 is 30.0 Å². The van der Waals surface area contributed by atoms with Gasteiger partial charge in [-0.05, 0) is 73.0 Å². The molecule has 4 rings (SSSR count). The molecule has 0 N–H and O–H groups in total. The van der Waals surface area contributed by atoms with Crippen LogP contribution in [-0.4, -0.2) is 44.7 Å². The van der Waals surface area contributed by atoms with E-state index in [1.54, 1.807) is 6.92 Å². The summed E-state index contributed by atoms with van der Waals surface area (Å²) in [6.07, 6.45) is -0.517. The van der Waals surface area contributed by atoms with Gasteiger partial charge in [-0.25, -0.2) is 9.36 Å². The predicted molar refractivity (Wildman–Crippen MR) is 129 cm³/mol. The SMILES string of the molecule is CC.Cc1noc(-c2cc3cc(B4OC(C)(C)C(C)(C)O4)ccc3n2C(=O)OC(C)(C)C)n1. The Kier molecular flexibility index (Phi) is 6.52. The minimum absolute atomic E-state index is 0.247. The van der Waals surface area contributed by atoms with Crippen molar-refractivity contribution in [3.05, 3.63) is 30.1 Å². The zero-order valence-corrected chi connectivity index (χ0v) is 21.3. The predicted octanol–water partition coefficient (Wildman–Crippen LogP) is 5.11. The second-order valence-electron chi connectivity index (χ2n) is 9.90. The largest absolute Gasteiger partial charge is 0.494 e. The molecule has 0 unspecified atom stereocenters. The molecule has 0 radical (unpaired) electrons. The molecular weight excluding hydrogens is 421 g/mol. The van der Waals surface area contributed by atoms with Crippen molar-refractivity contribution in [3.63, 3.8) is 0 Å². The fourth-order valence-electron chi connectivity index (χ4n) is 3.42. The second kappa shape index (κ2) is 8.61. The van der Waals surface area contributed by atoms with Crippen LogP contribution in [0.25, 0.3) is 22.5 Å². The summed E-state index contributed by atoms with van der Waals surface area (Å²) < 4.78 is 24.8. The molecule has 0 bridgehead atoms. The average Bonchev–Trinajstić information content (AvgIpc) is 3.35. The van der Waals surface area contributed by atoms with Crippen molar-refractivity contribution < 1.29 is 23.4 Å². The average molecular weight is 455 g/mol. The van der Waals surface area contributed by atoms with E-state index in [1.807, 2.05) is 86.6 Å². The Morgan fingerprint density at radius 3 is 2.18 bits per heavy atom. The molecule has 1 fully saturated rings. The van der Waals surface area contributed by atoms with Gasteiger partial charge in [0.2, 0.25) is 0 Å². The van der Waals surface area contributed by atoms with Gasteiger partial charge in [0.25, 0.3) is 5.89 Å². The van der Waals surface area contributed by atoms with Crippen molar-refractivity contribution >= 4 is 29.6 Å². The summed E-state index contributed by atoms with van der Waals surface area (Å²) in [6.45, 7) is 19.3. The minimum atomic E-state index is -0.654. The van der Waals surface area contributed by atoms with Crippen LogP contribution in [0.2, 0.25) is 0 Å². The summed E-state index contributed by atoms with van der Waals surface area (Å²) in [4.78, 5) is 17.3. The molecule has 0 atom stereocenters. The molecule has 8 nitrogen and oxygen atoms in total. The normalized spacial score (nSPS) is 17.1. The van der Waals surface area contributed by atoms with E-state index in [2.05, 4.69) is 10.1 Å². The zero-order chi connectivity index (χ0) is 24.8. The van der Waals surface area contributed by atoms with Crippen LogP contribution in [0.3, 0.4) is 0 Å². The molecule has 2 aromatic heterocycles. The molecule has 0 spiro atoms. The first-order valence-electron chi connectivity index (χ1n) is 11.3. The summed E-state index contributed by atoms with van der Waals surface area (Å²) >= 11 is 0. The van der Waals surface area contributed by atoms with E-state index in [1.165, 1.54) is 4.57 Å². The minimum Gasteiger partial charge on any atom is -0.443 e. The van der Waals surface area contributed by atoms with Crippen molar-refractivity contribution in [1.29, 1.82) is 0 Å². The smallest absolute Gasteiger partial charge is 0.443 e. The first-order chi connectivity index (χ1) is 15.3. The monoisotopic (exact) mass is 455 g/mol. The summed E-state index contributed by atoms with van der Waals surface area (Å²) in [5.74, 6) is 0.727. The molecule has 1 aromatic carbocycles. The number of hydrogen-bond acceptors (Lipinski definition) is 7. The Morgan fingerprint density at radius 2 is 1.67 bits per heavy atom. The number of benzene rings is 1. The highest BCUT2D eigenvalue weighted by Crippen LogP contribution is 2.37. The Labute approximate surface area is 195 Å². The lowest BCUT2D eigenvalue weighted by Crippen LogP contribution is -2.41. The molecule has 0 aliphatic carbocycles. The molecule has 178 valence electrons. The number of rotatable bonds is 2. The molecule has 9 heteroatoms. The maximum atomic E-state index is 13.0. The fraction of sp³-hybridized carbons (Fsp3) is 0.542. The van der Waals surface area contributed by atoms with Gasteiger partial charge in [-0.1, -0.05) is 31.1 Å². The summed E-state index contributed by atoms with van der Waals surface area (Å²) in [5.41, 5.74) is 0.457. The zero-order valence-electron chi connectivity index (χ0n) is 21.3. The Hall–Kier alpha value is -2.65. The van der Waals surface area contributed by atoms with Gasteiger partial charge in [0.15, 0.2) is 5.82 Å². The highest BCUT2D eigenvalue weighted by molar-refractivity contribution is 6.62. The molecule has 0 amide bonds. The van der Waals surface area contributed by atoms with Crippen molar-refractivity contribution in [2.24, 2.45) is 0 Å². The number of aryl methyl sites for hydroxylation is 1. The van der Waals surface area contributed by atoms with Gasteiger partial charge in [-0.2, -0.15) is 4.98 Å². The highest BCUT2D eigenvalue weighted by atomic mass is 16.7. The Morgan fingerprint density at radius 1 is 1.06 bits per heavy atom. The van der Waals surface area contributed by atoms with Gasteiger partial charge in [0, 0.05) is 5.39 Å². The molecule has 1 aliphatic rings. The van der Waals surface area contributed by atoms with Gasteiger partial charge in [0.1, 0.15) is 11.3 Å². The van der Waals surface area contributed by atoms with E-state index in [4.69, 9.17) is 18.6 Å². The van der Waals surface area contributed by atoms with Gasteiger partial charge < -0.3 is 18.6 Å². The van der Waals surface area contributed by atoms with Crippen LogP contribution in [0.1, 0.15) is 68.1 Å². The summed E-state index contributed by atoms with van der Waals surface area (Å²) in [6, 6.07) is 7.53. The molecule has 3 heterocycles. The summed E-state index contributed by atoms with van der Waals surface area (Å²) in [7, 11) is -0.506. The van der Waals surface area contributed by atoms with Crippen molar-refractivity contribution in [1.82, 2.24) is 14.7 Å². The number of aromatic nitrogens is 3. The molecule has 1 aliphatic heterocycles. The van der Waals surface area contributed by atoms with Crippen LogP contribution in [0, 0.1) is 6.92 Å². The lowest BCUT2D eigenvalue weighted by atomic mass is 9.78. The third kappa shape index (κ3) is 4.84. The number of hydrogen-bond donors (Lipinski definition) is 0. The lowest BCUT2D eigenvalue weighted by Gasteiger charge is -2.32. The van der Waals surface area contributed by atoms with Crippen LogP contribution < -0.4 is 5.46 Å². The number of nitrogens with zero attached hydrogens (tertiary/aromatic N) is 3. The van der Waals surface area contributed by atoms with Crippen LogP contribution in [0.4, 0.5) is 4.79 Å². The van der Waals surface area contributed by atoms with Crippen LogP contribution in [0.15, 0.2) is 28.8 Å². The maximum Gasteiger partial charge on any atom is 0.494 e. The molecule has 1 saturated heterocycles. The maximum absolute atomic E-state index is 13.0. The number of ether oxygens (including phenoxy) is 1. The molecule has 3 aromatic rings. The van der Waals surface area contributed by atoms with Crippen molar-refractivity contribution in [2.45, 2.75) is 86.0 Å². The third-order valence-corrected chi connectivity index (χ3v) is 5.67. The van der Waals surface area contributed by atoms with Gasteiger partial charge in [0.05, 0.1) is 16.7 Å². The third-order valence-electron chi connectivity index (χ3n) is 5.67. The van der Waals surface area contributed by atoms with Gasteiger partial charge in [-0.15, -0.1) is 0 Å². The van der Waals surface area contributed by atoms with Crippen LogP contribution >= 0.6 is 0 Å². The Balaban J connectivity index is 0.00000149. The Bertz CT molecular complexity index is 1140. The van der Waals surface area contributed by atoms with Gasteiger partial charge in [-0.3, -0.25) is 0 Å². The van der Waals surface area contributed by atoms with E-state index in [9.17, 15) is 4.79 Å². The second-order valence-corrected chi connectivity index (χ2v) is 9.90. The van der Waals surface area contributed by atoms with E-state index >= 15 is 0 Å². The van der Waals surface area contributed by atoms with Gasteiger partial charge >= 0.3 is 13.2 Å². The summed E-state index contributed by atoms with van der Waals surface area (Å²) in [5, 5.41) is 4.67. The number of carbonyl (C=O) groups excluding carboxylic acids is 1. The first-order valence-corrected chi connectivity index (χ1v) is 11.3. The highest BCUT2D eigenvalue weighted by Gasteiger charge is 2.51. The lowest BCUT2D eigenvalue weighted by molar-refractivity contribution is 0.00578. The quantitative estimate of drug-likeness (QED) is 0.496. The standard InChI is InChI=1S/C22H28BN3O5.C2H6/c1-13-24-18(29-25-13)17-12-14-11-15(23-30-21(5,6)22(7,8)31-23)9-10-16(14)26(17)19(27)28-20(2,3)4;1-2/h9-12H,1-8H3;1-2H3. The molecule has 0 saturated carbocycles. The number of carbonyl (C=O) groups is 1. The van der Waals surface area contributed by atoms with E-state index in [0.29, 0.717) is 17.0 Å². The first kappa shape index (κ1) is 25.0.